The van der Waals surface area contributed by atoms with Gasteiger partial charge in [0.2, 0.25) is 0 Å². The molecule has 0 saturated heterocycles. The second-order valence-electron chi connectivity index (χ2n) is 9.45. The highest BCUT2D eigenvalue weighted by Crippen LogP contribution is 2.25. The Labute approximate surface area is 208 Å². The number of halogens is 1. The first-order valence-corrected chi connectivity index (χ1v) is 12.2. The lowest BCUT2D eigenvalue weighted by molar-refractivity contribution is 0.0691. The first kappa shape index (κ1) is 26.0. The van der Waals surface area contributed by atoms with Crippen LogP contribution in [0.5, 0.6) is 0 Å². The van der Waals surface area contributed by atoms with Crippen LogP contribution in [0, 0.1) is 30.5 Å². The van der Waals surface area contributed by atoms with Crippen molar-refractivity contribution in [1.82, 2.24) is 0 Å². The molecule has 0 saturated carbocycles. The van der Waals surface area contributed by atoms with Gasteiger partial charge >= 0.3 is 5.97 Å². The van der Waals surface area contributed by atoms with Crippen LogP contribution >= 0.6 is 0 Å². The molecule has 182 valence electrons. The number of benzene rings is 3. The predicted molar refractivity (Wildman–Crippen MR) is 141 cm³/mol. The van der Waals surface area contributed by atoms with Gasteiger partial charge in [-0.1, -0.05) is 63.3 Å². The molecular formula is C31H34FNO2. The molecule has 0 unspecified atom stereocenters. The van der Waals surface area contributed by atoms with E-state index in [0.29, 0.717) is 23.7 Å². The number of aryl methyl sites for hydroxylation is 2. The molecule has 1 N–H and O–H groups in total. The third-order valence-electron chi connectivity index (χ3n) is 5.87. The Hall–Kier alpha value is -3.58. The van der Waals surface area contributed by atoms with E-state index in [-0.39, 0.29) is 5.56 Å². The fraction of sp³-hybridized carbons (Fsp3) is 0.323. The van der Waals surface area contributed by atoms with Crippen LogP contribution < -0.4 is 4.90 Å². The van der Waals surface area contributed by atoms with E-state index in [1.165, 1.54) is 24.5 Å². The smallest absolute Gasteiger partial charge is 0.338 e. The fourth-order valence-electron chi connectivity index (χ4n) is 3.98. The minimum Gasteiger partial charge on any atom is -0.478 e. The summed E-state index contributed by atoms with van der Waals surface area (Å²) < 4.78 is 14.3. The van der Waals surface area contributed by atoms with Gasteiger partial charge in [0.15, 0.2) is 0 Å². The zero-order chi connectivity index (χ0) is 25.4. The second-order valence-corrected chi connectivity index (χ2v) is 9.45. The molecule has 0 aliphatic carbocycles. The highest BCUT2D eigenvalue weighted by atomic mass is 19.1. The molecule has 3 rings (SSSR count). The maximum atomic E-state index is 14.3. The quantitative estimate of drug-likeness (QED) is 0.335. The molecular weight excluding hydrogens is 437 g/mol. The monoisotopic (exact) mass is 471 g/mol. The standard InChI is InChI=1S/C31H34FNO2/c1-5-6-7-24-8-10-25(11-9-24)12-13-26-14-16-27(17-15-26)21-33(20-22(2)3)28-18-23(4)30(32)29(19-28)31(34)35/h8-11,14-19,22H,5-7,20-21H2,1-4H3,(H,34,35). The summed E-state index contributed by atoms with van der Waals surface area (Å²) in [6.07, 6.45) is 3.50. The molecule has 0 aliphatic rings. The van der Waals surface area contributed by atoms with Gasteiger partial charge in [-0.05, 0) is 78.8 Å². The summed E-state index contributed by atoms with van der Waals surface area (Å²) >= 11 is 0. The van der Waals surface area contributed by atoms with Gasteiger partial charge in [0.1, 0.15) is 5.82 Å². The van der Waals surface area contributed by atoms with Crippen LogP contribution in [0.15, 0.2) is 60.7 Å². The van der Waals surface area contributed by atoms with Crippen LogP contribution in [0.3, 0.4) is 0 Å². The third kappa shape index (κ3) is 7.45. The highest BCUT2D eigenvalue weighted by molar-refractivity contribution is 5.89. The van der Waals surface area contributed by atoms with Gasteiger partial charge in [0.05, 0.1) is 5.56 Å². The fourth-order valence-corrected chi connectivity index (χ4v) is 3.98. The maximum Gasteiger partial charge on any atom is 0.338 e. The van der Waals surface area contributed by atoms with Crippen molar-refractivity contribution < 1.29 is 14.3 Å². The van der Waals surface area contributed by atoms with Gasteiger partial charge in [-0.2, -0.15) is 0 Å². The Morgan fingerprint density at radius 3 is 2.06 bits per heavy atom. The number of carbonyl (C=O) groups is 1. The summed E-state index contributed by atoms with van der Waals surface area (Å²) in [6, 6.07) is 19.7. The lowest BCUT2D eigenvalue weighted by Crippen LogP contribution is -2.27. The Kier molecular flexibility index (Phi) is 9.09. The van der Waals surface area contributed by atoms with E-state index in [9.17, 15) is 14.3 Å². The van der Waals surface area contributed by atoms with E-state index in [2.05, 4.69) is 61.8 Å². The average Bonchev–Trinajstić information content (AvgIpc) is 2.83. The molecule has 4 heteroatoms. The van der Waals surface area contributed by atoms with E-state index >= 15 is 0 Å². The Balaban J connectivity index is 1.76. The van der Waals surface area contributed by atoms with Gasteiger partial charge < -0.3 is 10.0 Å². The second kappa shape index (κ2) is 12.2. The van der Waals surface area contributed by atoms with Gasteiger partial charge in [0, 0.05) is 29.9 Å². The van der Waals surface area contributed by atoms with E-state index in [4.69, 9.17) is 0 Å². The molecule has 3 aromatic rings. The predicted octanol–water partition coefficient (Wildman–Crippen LogP) is 7.24. The number of carboxylic acids is 1. The van der Waals surface area contributed by atoms with Gasteiger partial charge in [-0.3, -0.25) is 0 Å². The zero-order valence-electron chi connectivity index (χ0n) is 21.1. The molecule has 0 heterocycles. The molecule has 0 radical (unpaired) electrons. The van der Waals surface area contributed by atoms with Crippen molar-refractivity contribution in [2.45, 2.75) is 53.5 Å². The number of aromatic carboxylic acids is 1. The summed E-state index contributed by atoms with van der Waals surface area (Å²) in [6.45, 7) is 9.33. The SMILES string of the molecule is CCCCc1ccc(C#Cc2ccc(CN(CC(C)C)c3cc(C)c(F)c(C(=O)O)c3)cc2)cc1. The molecule has 0 aliphatic heterocycles. The Morgan fingerprint density at radius 1 is 0.971 bits per heavy atom. The van der Waals surface area contributed by atoms with Crippen LogP contribution in [0.1, 0.15) is 71.8 Å². The first-order valence-electron chi connectivity index (χ1n) is 12.2. The minimum absolute atomic E-state index is 0.294. The van der Waals surface area contributed by atoms with Crippen molar-refractivity contribution in [2.75, 3.05) is 11.4 Å². The van der Waals surface area contributed by atoms with Crippen LogP contribution in [0.25, 0.3) is 0 Å². The van der Waals surface area contributed by atoms with Crippen molar-refractivity contribution >= 4 is 11.7 Å². The van der Waals surface area contributed by atoms with Gasteiger partial charge in [-0.25, -0.2) is 9.18 Å². The summed E-state index contributed by atoms with van der Waals surface area (Å²) in [4.78, 5) is 13.6. The summed E-state index contributed by atoms with van der Waals surface area (Å²) in [7, 11) is 0. The van der Waals surface area contributed by atoms with Crippen LogP contribution in [0.2, 0.25) is 0 Å². The highest BCUT2D eigenvalue weighted by Gasteiger charge is 2.18. The minimum atomic E-state index is -1.25. The lowest BCUT2D eigenvalue weighted by atomic mass is 10.1. The maximum absolute atomic E-state index is 14.3. The number of anilines is 1. The van der Waals surface area contributed by atoms with Crippen molar-refractivity contribution in [1.29, 1.82) is 0 Å². The van der Waals surface area contributed by atoms with Crippen molar-refractivity contribution in [3.63, 3.8) is 0 Å². The number of carboxylic acid groups (broad SMARTS) is 1. The number of hydrogen-bond donors (Lipinski definition) is 1. The topological polar surface area (TPSA) is 40.5 Å². The third-order valence-corrected chi connectivity index (χ3v) is 5.87. The first-order chi connectivity index (χ1) is 16.8. The number of rotatable bonds is 9. The van der Waals surface area contributed by atoms with E-state index in [1.54, 1.807) is 13.0 Å². The number of nitrogens with zero attached hydrogens (tertiary/aromatic N) is 1. The molecule has 0 spiro atoms. The van der Waals surface area contributed by atoms with Crippen molar-refractivity contribution in [3.05, 3.63) is 99.9 Å². The van der Waals surface area contributed by atoms with Crippen molar-refractivity contribution in [2.24, 2.45) is 5.92 Å². The zero-order valence-corrected chi connectivity index (χ0v) is 21.1. The normalized spacial score (nSPS) is 10.7. The molecule has 0 amide bonds. The molecule has 3 nitrogen and oxygen atoms in total. The van der Waals surface area contributed by atoms with Gasteiger partial charge in [-0.15, -0.1) is 0 Å². The summed E-state index contributed by atoms with van der Waals surface area (Å²) in [5, 5.41) is 9.41. The molecule has 0 aromatic heterocycles. The molecule has 0 fully saturated rings. The largest absolute Gasteiger partial charge is 0.478 e. The Morgan fingerprint density at radius 2 is 1.54 bits per heavy atom. The van der Waals surface area contributed by atoms with E-state index in [0.717, 1.165) is 29.7 Å². The summed E-state index contributed by atoms with van der Waals surface area (Å²) in [5.41, 5.74) is 5.11. The number of hydrogen-bond acceptors (Lipinski definition) is 2. The molecule has 3 aromatic carbocycles. The molecule has 0 atom stereocenters. The van der Waals surface area contributed by atoms with Crippen LogP contribution in [-0.2, 0) is 13.0 Å². The molecule has 35 heavy (non-hydrogen) atoms. The lowest BCUT2D eigenvalue weighted by Gasteiger charge is -2.28. The number of unbranched alkanes of at least 4 members (excludes halogenated alkanes) is 1. The van der Waals surface area contributed by atoms with E-state index in [1.807, 2.05) is 24.3 Å². The van der Waals surface area contributed by atoms with Crippen LogP contribution in [0.4, 0.5) is 10.1 Å². The van der Waals surface area contributed by atoms with Gasteiger partial charge in [0.25, 0.3) is 0 Å². The van der Waals surface area contributed by atoms with Crippen molar-refractivity contribution in [3.8, 4) is 11.8 Å². The Bertz CT molecular complexity index is 1200. The average molecular weight is 472 g/mol. The molecule has 0 bridgehead atoms. The van der Waals surface area contributed by atoms with Crippen LogP contribution in [-0.4, -0.2) is 17.6 Å². The summed E-state index contributed by atoms with van der Waals surface area (Å²) in [5.74, 6) is 4.89. The van der Waals surface area contributed by atoms with E-state index < -0.39 is 11.8 Å².